The summed E-state index contributed by atoms with van der Waals surface area (Å²) < 4.78 is 4.97. The number of hydrogen-bond acceptors (Lipinski definition) is 3. The zero-order valence-corrected chi connectivity index (χ0v) is 6.50. The van der Waals surface area contributed by atoms with E-state index in [-0.39, 0.29) is 0 Å². The van der Waals surface area contributed by atoms with Gasteiger partial charge in [0.05, 0.1) is 13.3 Å². The van der Waals surface area contributed by atoms with Crippen molar-refractivity contribution in [1.82, 2.24) is 4.98 Å². The van der Waals surface area contributed by atoms with Gasteiger partial charge in [-0.2, -0.15) is 0 Å². The minimum atomic E-state index is 0.573. The van der Waals surface area contributed by atoms with Crippen molar-refractivity contribution in [2.45, 2.75) is 6.92 Å². The van der Waals surface area contributed by atoms with Gasteiger partial charge in [-0.15, -0.1) is 0 Å². The summed E-state index contributed by atoms with van der Waals surface area (Å²) in [7, 11) is 1.55. The highest BCUT2D eigenvalue weighted by Crippen LogP contribution is 2.17. The highest BCUT2D eigenvalue weighted by Gasteiger charge is 2.02. The van der Waals surface area contributed by atoms with E-state index in [0.29, 0.717) is 11.3 Å². The van der Waals surface area contributed by atoms with Crippen LogP contribution in [0.4, 0.5) is 0 Å². The van der Waals surface area contributed by atoms with E-state index in [9.17, 15) is 4.79 Å². The molecule has 0 fully saturated rings. The molecular weight excluding hydrogens is 142 g/mol. The molecule has 0 saturated heterocycles. The quantitative estimate of drug-likeness (QED) is 0.596. The summed E-state index contributed by atoms with van der Waals surface area (Å²) in [5.41, 5.74) is 1.40. The van der Waals surface area contributed by atoms with Gasteiger partial charge in [-0.1, -0.05) is 0 Å². The molecule has 1 rings (SSSR count). The fourth-order valence-corrected chi connectivity index (χ4v) is 0.846. The van der Waals surface area contributed by atoms with E-state index in [1.807, 2.05) is 6.92 Å². The van der Waals surface area contributed by atoms with Crippen molar-refractivity contribution >= 4 is 6.29 Å². The van der Waals surface area contributed by atoms with Crippen LogP contribution in [-0.4, -0.2) is 18.4 Å². The number of pyridine rings is 1. The van der Waals surface area contributed by atoms with Gasteiger partial charge in [0.15, 0.2) is 6.29 Å². The lowest BCUT2D eigenvalue weighted by molar-refractivity contribution is 0.112. The normalized spacial score (nSPS) is 9.27. The molecule has 0 radical (unpaired) electrons. The SMILES string of the molecule is COc1cncc(C=O)c1C. The molecule has 0 aliphatic carbocycles. The van der Waals surface area contributed by atoms with Gasteiger partial charge in [0.2, 0.25) is 0 Å². The summed E-state index contributed by atoms with van der Waals surface area (Å²) in [5, 5.41) is 0. The Morgan fingerprint density at radius 2 is 2.27 bits per heavy atom. The van der Waals surface area contributed by atoms with E-state index in [1.54, 1.807) is 13.3 Å². The van der Waals surface area contributed by atoms with Crippen molar-refractivity contribution in [2.24, 2.45) is 0 Å². The van der Waals surface area contributed by atoms with Crippen LogP contribution in [0.15, 0.2) is 12.4 Å². The lowest BCUT2D eigenvalue weighted by Gasteiger charge is -2.03. The highest BCUT2D eigenvalue weighted by molar-refractivity contribution is 5.77. The zero-order valence-electron chi connectivity index (χ0n) is 6.50. The van der Waals surface area contributed by atoms with Gasteiger partial charge in [0.25, 0.3) is 0 Å². The van der Waals surface area contributed by atoms with Crippen molar-refractivity contribution in [1.29, 1.82) is 0 Å². The smallest absolute Gasteiger partial charge is 0.152 e. The van der Waals surface area contributed by atoms with Gasteiger partial charge in [0.1, 0.15) is 5.75 Å². The van der Waals surface area contributed by atoms with Crippen LogP contribution in [0.3, 0.4) is 0 Å². The average molecular weight is 151 g/mol. The summed E-state index contributed by atoms with van der Waals surface area (Å²) in [6.45, 7) is 1.82. The predicted octanol–water partition coefficient (Wildman–Crippen LogP) is 1.21. The number of carbonyl (C=O) groups excluding carboxylic acids is 1. The van der Waals surface area contributed by atoms with Crippen LogP contribution in [0.25, 0.3) is 0 Å². The third-order valence-electron chi connectivity index (χ3n) is 1.55. The Balaban J connectivity index is 3.20. The Hall–Kier alpha value is -1.38. The first-order valence-corrected chi connectivity index (χ1v) is 3.23. The van der Waals surface area contributed by atoms with Gasteiger partial charge < -0.3 is 4.74 Å². The van der Waals surface area contributed by atoms with Crippen LogP contribution in [0.5, 0.6) is 5.75 Å². The third-order valence-corrected chi connectivity index (χ3v) is 1.55. The standard InChI is InChI=1S/C8H9NO2/c1-6-7(5-10)3-9-4-8(6)11-2/h3-5H,1-2H3. The van der Waals surface area contributed by atoms with Crippen LogP contribution in [0.1, 0.15) is 15.9 Å². The summed E-state index contributed by atoms with van der Waals surface area (Å²) >= 11 is 0. The van der Waals surface area contributed by atoms with E-state index in [2.05, 4.69) is 4.98 Å². The average Bonchev–Trinajstić information content (AvgIpc) is 2.05. The van der Waals surface area contributed by atoms with Crippen molar-refractivity contribution in [3.8, 4) is 5.75 Å². The van der Waals surface area contributed by atoms with E-state index < -0.39 is 0 Å². The molecule has 1 heterocycles. The predicted molar refractivity (Wildman–Crippen MR) is 40.9 cm³/mol. The summed E-state index contributed by atoms with van der Waals surface area (Å²) in [4.78, 5) is 14.2. The van der Waals surface area contributed by atoms with Crippen LogP contribution in [-0.2, 0) is 0 Å². The zero-order chi connectivity index (χ0) is 8.27. The second-order valence-electron chi connectivity index (χ2n) is 2.17. The molecule has 0 atom stereocenters. The van der Waals surface area contributed by atoms with Crippen LogP contribution < -0.4 is 4.74 Å². The van der Waals surface area contributed by atoms with Crippen LogP contribution in [0, 0.1) is 6.92 Å². The Labute approximate surface area is 65.0 Å². The third kappa shape index (κ3) is 1.37. The molecule has 1 aromatic rings. The maximum atomic E-state index is 10.4. The van der Waals surface area contributed by atoms with Crippen molar-refractivity contribution < 1.29 is 9.53 Å². The van der Waals surface area contributed by atoms with Crippen molar-refractivity contribution in [2.75, 3.05) is 7.11 Å². The lowest BCUT2D eigenvalue weighted by Crippen LogP contribution is -1.93. The van der Waals surface area contributed by atoms with E-state index in [4.69, 9.17) is 4.74 Å². The molecule has 11 heavy (non-hydrogen) atoms. The number of aldehydes is 1. The molecule has 0 N–H and O–H groups in total. The molecule has 3 nitrogen and oxygen atoms in total. The maximum Gasteiger partial charge on any atom is 0.152 e. The monoisotopic (exact) mass is 151 g/mol. The fraction of sp³-hybridized carbons (Fsp3) is 0.250. The first-order valence-electron chi connectivity index (χ1n) is 3.23. The first-order chi connectivity index (χ1) is 5.29. The number of carbonyl (C=O) groups is 1. The molecule has 0 saturated carbocycles. The molecule has 3 heteroatoms. The molecule has 0 aromatic carbocycles. The van der Waals surface area contributed by atoms with E-state index >= 15 is 0 Å². The minimum absolute atomic E-state index is 0.573. The molecule has 0 bridgehead atoms. The molecular formula is C8H9NO2. The molecule has 0 aliphatic heterocycles. The molecule has 0 amide bonds. The Bertz CT molecular complexity index is 271. The Kier molecular flexibility index (Phi) is 2.21. The number of ether oxygens (including phenoxy) is 1. The van der Waals surface area contributed by atoms with Crippen molar-refractivity contribution in [3.05, 3.63) is 23.5 Å². The molecule has 0 spiro atoms. The maximum absolute atomic E-state index is 10.4. The summed E-state index contributed by atoms with van der Waals surface area (Å²) in [5.74, 6) is 0.648. The van der Waals surface area contributed by atoms with E-state index in [1.165, 1.54) is 6.20 Å². The van der Waals surface area contributed by atoms with Gasteiger partial charge >= 0.3 is 0 Å². The largest absolute Gasteiger partial charge is 0.495 e. The van der Waals surface area contributed by atoms with E-state index in [0.717, 1.165) is 11.8 Å². The van der Waals surface area contributed by atoms with Gasteiger partial charge in [-0.25, -0.2) is 0 Å². The van der Waals surface area contributed by atoms with Crippen LogP contribution in [0.2, 0.25) is 0 Å². The Morgan fingerprint density at radius 1 is 1.55 bits per heavy atom. The Morgan fingerprint density at radius 3 is 2.82 bits per heavy atom. The highest BCUT2D eigenvalue weighted by atomic mass is 16.5. The summed E-state index contributed by atoms with van der Waals surface area (Å²) in [6, 6.07) is 0. The van der Waals surface area contributed by atoms with Gasteiger partial charge in [-0.05, 0) is 6.92 Å². The molecule has 0 unspecified atom stereocenters. The number of rotatable bonds is 2. The molecule has 1 aromatic heterocycles. The second kappa shape index (κ2) is 3.14. The molecule has 58 valence electrons. The van der Waals surface area contributed by atoms with Crippen LogP contribution >= 0.6 is 0 Å². The number of hydrogen-bond donors (Lipinski definition) is 0. The number of aromatic nitrogens is 1. The van der Waals surface area contributed by atoms with Crippen molar-refractivity contribution in [3.63, 3.8) is 0 Å². The first kappa shape index (κ1) is 7.72. The van der Waals surface area contributed by atoms with Gasteiger partial charge in [0, 0.05) is 17.3 Å². The molecule has 0 aliphatic rings. The number of methoxy groups -OCH3 is 1. The lowest BCUT2D eigenvalue weighted by atomic mass is 10.2. The second-order valence-corrected chi connectivity index (χ2v) is 2.17. The minimum Gasteiger partial charge on any atom is -0.495 e. The summed E-state index contributed by atoms with van der Waals surface area (Å²) in [6.07, 6.45) is 3.87. The number of nitrogens with zero attached hydrogens (tertiary/aromatic N) is 1. The van der Waals surface area contributed by atoms with Gasteiger partial charge in [-0.3, -0.25) is 9.78 Å². The topological polar surface area (TPSA) is 39.2 Å². The fourth-order valence-electron chi connectivity index (χ4n) is 0.846.